The maximum atomic E-state index is 11.8. The first kappa shape index (κ1) is 21.2. The Kier molecular flexibility index (Phi) is 9.64. The van der Waals surface area contributed by atoms with E-state index in [4.69, 9.17) is 0 Å². The molecule has 0 bridgehead atoms. The van der Waals surface area contributed by atoms with Gasteiger partial charge in [-0.2, -0.15) is 0 Å². The molecule has 1 atom stereocenters. The van der Waals surface area contributed by atoms with E-state index in [0.29, 0.717) is 12.5 Å². The molecule has 1 aliphatic rings. The molecule has 1 aliphatic heterocycles. The number of carbonyl (C=O) groups excluding carboxylic acids is 1. The third-order valence-electron chi connectivity index (χ3n) is 4.69. The van der Waals surface area contributed by atoms with E-state index in [9.17, 15) is 4.79 Å². The summed E-state index contributed by atoms with van der Waals surface area (Å²) in [4.78, 5) is 14.2. The largest absolute Gasteiger partial charge is 0.370 e. The lowest BCUT2D eigenvalue weighted by Gasteiger charge is -2.34. The van der Waals surface area contributed by atoms with E-state index in [1.54, 1.807) is 6.08 Å². The molecule has 24 heavy (non-hydrogen) atoms. The summed E-state index contributed by atoms with van der Waals surface area (Å²) < 4.78 is 0. The van der Waals surface area contributed by atoms with Crippen molar-refractivity contribution in [2.24, 2.45) is 0 Å². The number of rotatable bonds is 12. The monoisotopic (exact) mass is 349 g/mol. The summed E-state index contributed by atoms with van der Waals surface area (Å²) in [6.07, 6.45) is 14.9. The average molecular weight is 350 g/mol. The van der Waals surface area contributed by atoms with Crippen LogP contribution >= 0.6 is 0 Å². The zero-order chi connectivity index (χ0) is 18.0. The topological polar surface area (TPSA) is 20.3 Å². The molecule has 0 saturated carbocycles. The fourth-order valence-electron chi connectivity index (χ4n) is 3.57. The minimum Gasteiger partial charge on any atom is -0.370 e. The SMILES string of the molecule is C=C(CN1C=CC(=O)CC1CCCCCCCCC)C[Si](C)(C)C. The van der Waals surface area contributed by atoms with Crippen LogP contribution in [0.3, 0.4) is 0 Å². The molecule has 138 valence electrons. The van der Waals surface area contributed by atoms with Gasteiger partial charge in [0.05, 0.1) is 0 Å². The second-order valence-electron chi connectivity index (χ2n) is 8.71. The fraction of sp³-hybridized carbons (Fsp3) is 0.762. The van der Waals surface area contributed by atoms with Gasteiger partial charge in [0.2, 0.25) is 0 Å². The predicted molar refractivity (Wildman–Crippen MR) is 109 cm³/mol. The molecule has 2 nitrogen and oxygen atoms in total. The van der Waals surface area contributed by atoms with Gasteiger partial charge >= 0.3 is 0 Å². The first-order chi connectivity index (χ1) is 11.3. The Morgan fingerprint density at radius 3 is 2.42 bits per heavy atom. The summed E-state index contributed by atoms with van der Waals surface area (Å²) >= 11 is 0. The summed E-state index contributed by atoms with van der Waals surface area (Å²) in [5, 5.41) is 0. The molecule has 3 heteroatoms. The van der Waals surface area contributed by atoms with E-state index >= 15 is 0 Å². The van der Waals surface area contributed by atoms with Crippen molar-refractivity contribution in [1.29, 1.82) is 0 Å². The van der Waals surface area contributed by atoms with Crippen molar-refractivity contribution >= 4 is 13.9 Å². The smallest absolute Gasteiger partial charge is 0.159 e. The van der Waals surface area contributed by atoms with Crippen molar-refractivity contribution in [3.63, 3.8) is 0 Å². The number of hydrogen-bond acceptors (Lipinski definition) is 2. The Morgan fingerprint density at radius 1 is 1.17 bits per heavy atom. The Labute approximate surface area is 151 Å². The van der Waals surface area contributed by atoms with Gasteiger partial charge in [-0.1, -0.05) is 83.7 Å². The molecule has 0 aliphatic carbocycles. The molecule has 0 fully saturated rings. The molecule has 1 heterocycles. The van der Waals surface area contributed by atoms with E-state index in [2.05, 4.69) is 38.0 Å². The highest BCUT2D eigenvalue weighted by Crippen LogP contribution is 2.23. The second-order valence-corrected chi connectivity index (χ2v) is 14.2. The number of ketones is 1. The third-order valence-corrected chi connectivity index (χ3v) is 6.25. The summed E-state index contributed by atoms with van der Waals surface area (Å²) in [6.45, 7) is 14.7. The van der Waals surface area contributed by atoms with Gasteiger partial charge in [-0.15, -0.1) is 0 Å². The number of nitrogens with zero attached hydrogens (tertiary/aromatic N) is 1. The molecule has 0 N–H and O–H groups in total. The van der Waals surface area contributed by atoms with Crippen LogP contribution in [0.2, 0.25) is 25.7 Å². The van der Waals surface area contributed by atoms with Gasteiger partial charge in [-0.3, -0.25) is 4.79 Å². The van der Waals surface area contributed by atoms with Crippen LogP contribution in [0.5, 0.6) is 0 Å². The van der Waals surface area contributed by atoms with Gasteiger partial charge in [0, 0.05) is 33.3 Å². The van der Waals surface area contributed by atoms with E-state index in [1.807, 2.05) is 6.20 Å². The van der Waals surface area contributed by atoms with Crippen molar-refractivity contribution in [3.05, 3.63) is 24.4 Å². The highest BCUT2D eigenvalue weighted by molar-refractivity contribution is 6.76. The zero-order valence-corrected chi connectivity index (χ0v) is 17.6. The van der Waals surface area contributed by atoms with Gasteiger partial charge in [0.25, 0.3) is 0 Å². The van der Waals surface area contributed by atoms with E-state index in [-0.39, 0.29) is 5.78 Å². The van der Waals surface area contributed by atoms with Crippen LogP contribution < -0.4 is 0 Å². The Balaban J connectivity index is 2.37. The number of carbonyl (C=O) groups is 1. The standard InChI is InChI=1S/C21H39NOSi/c1-6-7-8-9-10-11-12-13-20-16-21(23)14-15-22(20)17-19(2)18-24(3,4)5/h14-15,20H,2,6-13,16-18H2,1,3-5H3. The number of unbranched alkanes of at least 4 members (excludes halogenated alkanes) is 6. The molecule has 1 unspecified atom stereocenters. The summed E-state index contributed by atoms with van der Waals surface area (Å²) in [6, 6.07) is 1.56. The van der Waals surface area contributed by atoms with Crippen LogP contribution in [0.1, 0.15) is 64.7 Å². The molecule has 0 saturated heterocycles. The van der Waals surface area contributed by atoms with Crippen LogP contribution in [0, 0.1) is 0 Å². The van der Waals surface area contributed by atoms with Crippen LogP contribution in [-0.2, 0) is 4.79 Å². The molecular formula is C21H39NOSi. The quantitative estimate of drug-likeness (QED) is 0.238. The second kappa shape index (κ2) is 10.9. The van der Waals surface area contributed by atoms with Gasteiger partial charge in [-0.05, 0) is 18.5 Å². The highest BCUT2D eigenvalue weighted by atomic mass is 28.3. The normalized spacial score (nSPS) is 18.2. The molecule has 0 spiro atoms. The maximum absolute atomic E-state index is 11.8. The van der Waals surface area contributed by atoms with Crippen molar-refractivity contribution in [2.75, 3.05) is 6.54 Å². The molecule has 0 aromatic rings. The lowest BCUT2D eigenvalue weighted by Crippen LogP contribution is -2.37. The average Bonchev–Trinajstić information content (AvgIpc) is 2.47. The maximum Gasteiger partial charge on any atom is 0.159 e. The van der Waals surface area contributed by atoms with Gasteiger partial charge in [0.15, 0.2) is 5.78 Å². The summed E-state index contributed by atoms with van der Waals surface area (Å²) in [7, 11) is -1.10. The Bertz CT molecular complexity index is 422. The van der Waals surface area contributed by atoms with E-state index in [1.165, 1.54) is 56.6 Å². The van der Waals surface area contributed by atoms with Crippen molar-refractivity contribution in [3.8, 4) is 0 Å². The zero-order valence-electron chi connectivity index (χ0n) is 16.6. The summed E-state index contributed by atoms with van der Waals surface area (Å²) in [5.74, 6) is 0.287. The van der Waals surface area contributed by atoms with E-state index in [0.717, 1.165) is 13.0 Å². The molecule has 0 radical (unpaired) electrons. The molecule has 0 amide bonds. The molecule has 1 rings (SSSR count). The van der Waals surface area contributed by atoms with Crippen molar-refractivity contribution in [2.45, 2.75) is 96.4 Å². The summed E-state index contributed by atoms with van der Waals surface area (Å²) in [5.41, 5.74) is 1.33. The van der Waals surface area contributed by atoms with Gasteiger partial charge < -0.3 is 4.90 Å². The third kappa shape index (κ3) is 9.46. The minimum absolute atomic E-state index is 0.287. The lowest BCUT2D eigenvalue weighted by atomic mass is 9.98. The first-order valence-electron chi connectivity index (χ1n) is 9.95. The van der Waals surface area contributed by atoms with Crippen LogP contribution in [0.15, 0.2) is 24.4 Å². The number of allylic oxidation sites excluding steroid dienone is 1. The fourth-order valence-corrected chi connectivity index (χ4v) is 5.18. The van der Waals surface area contributed by atoms with Crippen LogP contribution in [0.4, 0.5) is 0 Å². The van der Waals surface area contributed by atoms with Crippen molar-refractivity contribution in [1.82, 2.24) is 4.90 Å². The molecule has 0 aromatic carbocycles. The molecular weight excluding hydrogens is 310 g/mol. The predicted octanol–water partition coefficient (Wildman–Crippen LogP) is 6.18. The highest BCUT2D eigenvalue weighted by Gasteiger charge is 2.23. The van der Waals surface area contributed by atoms with Crippen molar-refractivity contribution < 1.29 is 4.79 Å². The van der Waals surface area contributed by atoms with Crippen LogP contribution in [0.25, 0.3) is 0 Å². The van der Waals surface area contributed by atoms with Crippen LogP contribution in [-0.4, -0.2) is 31.3 Å². The van der Waals surface area contributed by atoms with E-state index < -0.39 is 8.07 Å². The first-order valence-corrected chi connectivity index (χ1v) is 13.7. The van der Waals surface area contributed by atoms with Gasteiger partial charge in [-0.25, -0.2) is 0 Å². The Morgan fingerprint density at radius 2 is 1.79 bits per heavy atom. The Hall–Kier alpha value is -0.833. The lowest BCUT2D eigenvalue weighted by molar-refractivity contribution is -0.116. The molecule has 0 aromatic heterocycles. The van der Waals surface area contributed by atoms with Gasteiger partial charge in [0.1, 0.15) is 0 Å². The minimum atomic E-state index is -1.10. The number of hydrogen-bond donors (Lipinski definition) is 0.